The van der Waals surface area contributed by atoms with Crippen LogP contribution in [0, 0.1) is 0 Å². The standard InChI is InChI=1S/C5H14NO.C3H4O2.ClH/c1-6(2,3)4-5-7;1-2-3(4)5;/h7H,4-5H2,1-3H3;2H,1H2,(H,4,5);1H/q+1;;. The van der Waals surface area contributed by atoms with Crippen molar-refractivity contribution >= 4 is 18.4 Å². The van der Waals surface area contributed by atoms with Crippen LogP contribution >= 0.6 is 12.4 Å². The summed E-state index contributed by atoms with van der Waals surface area (Å²) < 4.78 is 0.844. The third-order valence-electron chi connectivity index (χ3n) is 0.945. The molecule has 2 N–H and O–H groups in total. The second-order valence-electron chi connectivity index (χ2n) is 3.28. The number of carbonyl (C=O) groups is 1. The number of carboxylic acids is 1. The van der Waals surface area contributed by atoms with Crippen LogP contribution in [-0.4, -0.2) is 55.0 Å². The molecule has 0 aliphatic rings. The molecule has 0 aromatic rings. The van der Waals surface area contributed by atoms with Gasteiger partial charge in [0, 0.05) is 6.08 Å². The molecule has 0 fully saturated rings. The number of rotatable bonds is 3. The minimum absolute atomic E-state index is 0. The molecule has 0 saturated carbocycles. The predicted octanol–water partition coefficient (Wildman–Crippen LogP) is 0.364. The lowest BCUT2D eigenvalue weighted by atomic mass is 10.5. The monoisotopic (exact) mass is 212 g/mol. The first-order valence-corrected chi connectivity index (χ1v) is 3.60. The Hall–Kier alpha value is -0.580. The summed E-state index contributed by atoms with van der Waals surface area (Å²) >= 11 is 0. The Morgan fingerprint density at radius 3 is 1.77 bits per heavy atom. The fourth-order valence-electron chi connectivity index (χ4n) is 0.300. The van der Waals surface area contributed by atoms with Gasteiger partial charge in [-0.3, -0.25) is 0 Å². The molecule has 0 aromatic carbocycles. The van der Waals surface area contributed by atoms with E-state index >= 15 is 0 Å². The Morgan fingerprint density at radius 1 is 1.46 bits per heavy atom. The molecule has 0 atom stereocenters. The number of quaternary nitrogens is 1. The molecule has 0 aromatic heterocycles. The van der Waals surface area contributed by atoms with Crippen LogP contribution in [0.5, 0.6) is 0 Å². The molecule has 0 aliphatic carbocycles. The van der Waals surface area contributed by atoms with E-state index in [2.05, 4.69) is 27.7 Å². The number of likely N-dealkylation sites (N-methyl/N-ethyl adjacent to an activating group) is 1. The van der Waals surface area contributed by atoms with Gasteiger partial charge in [0.05, 0.1) is 27.7 Å². The van der Waals surface area contributed by atoms with Crippen LogP contribution in [0.4, 0.5) is 0 Å². The van der Waals surface area contributed by atoms with E-state index in [1.54, 1.807) is 0 Å². The molecular weight excluding hydrogens is 194 g/mol. The smallest absolute Gasteiger partial charge is 0.327 e. The van der Waals surface area contributed by atoms with E-state index in [0.29, 0.717) is 0 Å². The molecule has 13 heavy (non-hydrogen) atoms. The van der Waals surface area contributed by atoms with Crippen molar-refractivity contribution in [3.05, 3.63) is 12.7 Å². The lowest BCUT2D eigenvalue weighted by Gasteiger charge is -2.21. The summed E-state index contributed by atoms with van der Waals surface area (Å²) in [5, 5.41) is 16.0. The number of nitrogens with zero attached hydrogens (tertiary/aromatic N) is 1. The first kappa shape index (κ1) is 18.3. The average molecular weight is 213 g/mol. The van der Waals surface area contributed by atoms with Crippen molar-refractivity contribution in [1.82, 2.24) is 0 Å². The zero-order valence-electron chi connectivity index (χ0n) is 8.36. The van der Waals surface area contributed by atoms with E-state index in [-0.39, 0.29) is 19.0 Å². The van der Waals surface area contributed by atoms with Crippen molar-refractivity contribution in [1.29, 1.82) is 0 Å². The molecule has 80 valence electrons. The topological polar surface area (TPSA) is 57.5 Å². The lowest BCUT2D eigenvalue weighted by Crippen LogP contribution is -2.36. The van der Waals surface area contributed by atoms with Crippen LogP contribution in [-0.2, 0) is 4.79 Å². The molecule has 0 aliphatic heterocycles. The van der Waals surface area contributed by atoms with Gasteiger partial charge < -0.3 is 14.7 Å². The molecule has 4 nitrogen and oxygen atoms in total. The van der Waals surface area contributed by atoms with Crippen molar-refractivity contribution in [3.8, 4) is 0 Å². The number of halogens is 1. The van der Waals surface area contributed by atoms with E-state index in [9.17, 15) is 4.79 Å². The molecule has 0 spiro atoms. The van der Waals surface area contributed by atoms with Gasteiger partial charge in [-0.05, 0) is 0 Å². The summed E-state index contributed by atoms with van der Waals surface area (Å²) in [6.45, 7) is 4.08. The van der Waals surface area contributed by atoms with Gasteiger partial charge in [-0.1, -0.05) is 6.58 Å². The summed E-state index contributed by atoms with van der Waals surface area (Å²) in [5.74, 6) is -0.981. The number of aliphatic hydroxyl groups excluding tert-OH is 1. The first-order valence-electron chi connectivity index (χ1n) is 3.60. The molecule has 0 amide bonds. The van der Waals surface area contributed by atoms with Crippen molar-refractivity contribution < 1.29 is 19.5 Å². The number of aliphatic carboxylic acids is 1. The third kappa shape index (κ3) is 34.5. The molecular formula is C8H19ClNO3+. The SMILES string of the molecule is C=CC(=O)O.C[N+](C)(C)CCO.Cl. The fraction of sp³-hybridized carbons (Fsp3) is 0.625. The molecule has 0 radical (unpaired) electrons. The molecule has 5 heteroatoms. The summed E-state index contributed by atoms with van der Waals surface area (Å²) in [6, 6.07) is 0. The van der Waals surface area contributed by atoms with Crippen molar-refractivity contribution in [2.24, 2.45) is 0 Å². The predicted molar refractivity (Wildman–Crippen MR) is 55.1 cm³/mol. The summed E-state index contributed by atoms with van der Waals surface area (Å²) in [4.78, 5) is 9.25. The third-order valence-corrected chi connectivity index (χ3v) is 0.945. The van der Waals surface area contributed by atoms with Gasteiger partial charge in [0.2, 0.25) is 0 Å². The molecule has 0 rings (SSSR count). The zero-order chi connectivity index (χ0) is 10.2. The van der Waals surface area contributed by atoms with E-state index < -0.39 is 5.97 Å². The number of hydrogen-bond acceptors (Lipinski definition) is 2. The maximum atomic E-state index is 9.25. The first-order chi connectivity index (χ1) is 5.33. The second-order valence-corrected chi connectivity index (χ2v) is 3.28. The van der Waals surface area contributed by atoms with Crippen LogP contribution in [0.1, 0.15) is 0 Å². The van der Waals surface area contributed by atoms with E-state index in [4.69, 9.17) is 10.2 Å². The molecule has 0 bridgehead atoms. The van der Waals surface area contributed by atoms with Crippen molar-refractivity contribution in [2.75, 3.05) is 34.3 Å². The fourth-order valence-corrected chi connectivity index (χ4v) is 0.300. The van der Waals surface area contributed by atoms with E-state index in [1.165, 1.54) is 0 Å². The van der Waals surface area contributed by atoms with Gasteiger partial charge in [-0.2, -0.15) is 0 Å². The molecule has 0 unspecified atom stereocenters. The van der Waals surface area contributed by atoms with E-state index in [1.807, 2.05) is 0 Å². The zero-order valence-corrected chi connectivity index (χ0v) is 9.17. The van der Waals surface area contributed by atoms with Crippen LogP contribution in [0.3, 0.4) is 0 Å². The highest BCUT2D eigenvalue weighted by molar-refractivity contribution is 5.85. The Balaban J connectivity index is -0.000000150. The Morgan fingerprint density at radius 2 is 1.77 bits per heavy atom. The maximum Gasteiger partial charge on any atom is 0.327 e. The minimum Gasteiger partial charge on any atom is -0.478 e. The van der Waals surface area contributed by atoms with Crippen molar-refractivity contribution in [2.45, 2.75) is 0 Å². The number of carboxylic acid groups (broad SMARTS) is 1. The van der Waals surface area contributed by atoms with Gasteiger partial charge >= 0.3 is 5.97 Å². The Labute approximate surface area is 85.5 Å². The molecule has 0 saturated heterocycles. The maximum absolute atomic E-state index is 9.25. The highest BCUT2D eigenvalue weighted by Crippen LogP contribution is 1.84. The Kier molecular flexibility index (Phi) is 13.3. The van der Waals surface area contributed by atoms with Crippen LogP contribution < -0.4 is 0 Å². The van der Waals surface area contributed by atoms with Gasteiger partial charge in [0.15, 0.2) is 0 Å². The van der Waals surface area contributed by atoms with Gasteiger partial charge in [-0.25, -0.2) is 4.79 Å². The highest BCUT2D eigenvalue weighted by Gasteiger charge is 2.02. The van der Waals surface area contributed by atoms with Gasteiger partial charge in [-0.15, -0.1) is 12.4 Å². The van der Waals surface area contributed by atoms with Gasteiger partial charge in [0.25, 0.3) is 0 Å². The molecule has 0 heterocycles. The normalized spacial score (nSPS) is 8.92. The van der Waals surface area contributed by atoms with Crippen LogP contribution in [0.25, 0.3) is 0 Å². The van der Waals surface area contributed by atoms with Crippen molar-refractivity contribution in [3.63, 3.8) is 0 Å². The number of aliphatic hydroxyl groups is 1. The minimum atomic E-state index is -0.981. The highest BCUT2D eigenvalue weighted by atomic mass is 35.5. The second kappa shape index (κ2) is 9.51. The average Bonchev–Trinajstić information content (AvgIpc) is 1.86. The summed E-state index contributed by atoms with van der Waals surface area (Å²) in [7, 11) is 6.16. The van der Waals surface area contributed by atoms with Gasteiger partial charge in [0.1, 0.15) is 6.54 Å². The largest absolute Gasteiger partial charge is 0.478 e. The van der Waals surface area contributed by atoms with E-state index in [0.717, 1.165) is 17.1 Å². The van der Waals surface area contributed by atoms with Crippen LogP contribution in [0.2, 0.25) is 0 Å². The summed E-state index contributed by atoms with van der Waals surface area (Å²) in [5.41, 5.74) is 0. The lowest BCUT2D eigenvalue weighted by molar-refractivity contribution is -0.870. The summed E-state index contributed by atoms with van der Waals surface area (Å²) in [6.07, 6.45) is 0.833. The number of hydrogen-bond donors (Lipinski definition) is 2. The quantitative estimate of drug-likeness (QED) is 0.525. The Bertz CT molecular complexity index is 143. The van der Waals surface area contributed by atoms with Crippen LogP contribution in [0.15, 0.2) is 12.7 Å².